The van der Waals surface area contributed by atoms with E-state index in [2.05, 4.69) is 15.6 Å². The molecule has 3 rings (SSSR count). The summed E-state index contributed by atoms with van der Waals surface area (Å²) in [5.41, 5.74) is 3.90. The van der Waals surface area contributed by atoms with Crippen LogP contribution in [0.1, 0.15) is 34.8 Å². The molecule has 1 aromatic carbocycles. The molecule has 0 saturated carbocycles. The summed E-state index contributed by atoms with van der Waals surface area (Å²) in [4.78, 5) is 16.2. The number of pyridine rings is 1. The largest absolute Gasteiger partial charge is 0.332 e. The van der Waals surface area contributed by atoms with Gasteiger partial charge >= 0.3 is 6.03 Å². The molecular weight excluding hydrogens is 281 g/mol. The number of carbonyl (C=O) groups excluding carboxylic acids is 1. The lowest BCUT2D eigenvalue weighted by atomic mass is 10.1. The van der Waals surface area contributed by atoms with E-state index in [0.717, 1.165) is 35.2 Å². The van der Waals surface area contributed by atoms with Gasteiger partial charge in [0, 0.05) is 6.20 Å². The predicted octanol–water partition coefficient (Wildman–Crippen LogP) is 3.02. The van der Waals surface area contributed by atoms with Crippen molar-refractivity contribution in [2.24, 2.45) is 0 Å². The second kappa shape index (κ2) is 6.13. The van der Waals surface area contributed by atoms with Crippen LogP contribution in [0.5, 0.6) is 0 Å². The first-order valence-electron chi connectivity index (χ1n) is 7.36. The van der Waals surface area contributed by atoms with E-state index in [1.54, 1.807) is 12.3 Å². The van der Waals surface area contributed by atoms with Gasteiger partial charge in [-0.1, -0.05) is 6.07 Å². The van der Waals surface area contributed by atoms with Gasteiger partial charge in [0.05, 0.1) is 18.3 Å². The van der Waals surface area contributed by atoms with Gasteiger partial charge in [-0.15, -0.1) is 0 Å². The molecule has 1 aromatic heterocycles. The average molecular weight is 299 g/mol. The number of aryl methyl sites for hydroxylation is 2. The highest BCUT2D eigenvalue weighted by Gasteiger charge is 2.24. The summed E-state index contributed by atoms with van der Waals surface area (Å²) in [5, 5.41) is 5.69. The Morgan fingerprint density at radius 1 is 1.36 bits per heavy atom. The molecule has 5 heteroatoms. The van der Waals surface area contributed by atoms with Crippen LogP contribution in [0, 0.1) is 12.7 Å². The SMILES string of the molecule is Cc1ccnc(CNC(=O)N[C@H]2CCc3ccc(F)cc32)c1. The monoisotopic (exact) mass is 299 g/mol. The van der Waals surface area contributed by atoms with E-state index in [0.29, 0.717) is 6.54 Å². The number of rotatable bonds is 3. The molecular formula is C17H18FN3O. The van der Waals surface area contributed by atoms with E-state index in [4.69, 9.17) is 0 Å². The Balaban J connectivity index is 1.58. The predicted molar refractivity (Wildman–Crippen MR) is 81.8 cm³/mol. The van der Waals surface area contributed by atoms with Gasteiger partial charge in [-0.2, -0.15) is 0 Å². The van der Waals surface area contributed by atoms with Gasteiger partial charge in [-0.25, -0.2) is 9.18 Å². The van der Waals surface area contributed by atoms with Gasteiger partial charge in [-0.05, 0) is 60.7 Å². The first-order chi connectivity index (χ1) is 10.6. The summed E-state index contributed by atoms with van der Waals surface area (Å²) in [6.45, 7) is 2.35. The van der Waals surface area contributed by atoms with Crippen LogP contribution in [0.25, 0.3) is 0 Å². The molecule has 0 radical (unpaired) electrons. The lowest BCUT2D eigenvalue weighted by Gasteiger charge is -2.15. The Morgan fingerprint density at radius 2 is 2.23 bits per heavy atom. The minimum absolute atomic E-state index is 0.129. The number of hydrogen-bond acceptors (Lipinski definition) is 2. The van der Waals surface area contributed by atoms with Crippen molar-refractivity contribution < 1.29 is 9.18 Å². The van der Waals surface area contributed by atoms with Gasteiger partial charge in [-0.3, -0.25) is 4.98 Å². The van der Waals surface area contributed by atoms with E-state index in [1.165, 1.54) is 12.1 Å². The number of hydrogen-bond donors (Lipinski definition) is 2. The van der Waals surface area contributed by atoms with Crippen LogP contribution in [0.3, 0.4) is 0 Å². The molecule has 4 nitrogen and oxygen atoms in total. The maximum Gasteiger partial charge on any atom is 0.315 e. The standard InChI is InChI=1S/C17H18FN3O/c1-11-6-7-19-14(8-11)10-20-17(22)21-16-5-3-12-2-4-13(18)9-15(12)16/h2,4,6-9,16H,3,5,10H2,1H3,(H2,20,21,22)/t16-/m0/s1. The zero-order valence-corrected chi connectivity index (χ0v) is 12.4. The number of amides is 2. The molecule has 2 aromatic rings. The third-order valence-electron chi connectivity index (χ3n) is 3.89. The molecule has 0 fully saturated rings. The van der Waals surface area contributed by atoms with Crippen molar-refractivity contribution in [2.45, 2.75) is 32.4 Å². The van der Waals surface area contributed by atoms with E-state index >= 15 is 0 Å². The van der Waals surface area contributed by atoms with Crippen LogP contribution in [-0.4, -0.2) is 11.0 Å². The third-order valence-corrected chi connectivity index (χ3v) is 3.89. The minimum atomic E-state index is -0.267. The molecule has 1 aliphatic rings. The maximum absolute atomic E-state index is 13.3. The number of carbonyl (C=O) groups is 1. The highest BCUT2D eigenvalue weighted by molar-refractivity contribution is 5.74. The molecule has 114 valence electrons. The van der Waals surface area contributed by atoms with Crippen molar-refractivity contribution in [3.05, 3.63) is 64.7 Å². The Kier molecular flexibility index (Phi) is 4.04. The Bertz CT molecular complexity index is 702. The average Bonchev–Trinajstić information content (AvgIpc) is 2.88. The summed E-state index contributed by atoms with van der Waals surface area (Å²) < 4.78 is 13.3. The van der Waals surface area contributed by atoms with Crippen LogP contribution in [0.4, 0.5) is 9.18 Å². The highest BCUT2D eigenvalue weighted by Crippen LogP contribution is 2.31. The quantitative estimate of drug-likeness (QED) is 0.915. The first kappa shape index (κ1) is 14.5. The Hall–Kier alpha value is -2.43. The van der Waals surface area contributed by atoms with Crippen molar-refractivity contribution in [2.75, 3.05) is 0 Å². The van der Waals surface area contributed by atoms with Gasteiger partial charge in [0.25, 0.3) is 0 Å². The van der Waals surface area contributed by atoms with Crippen molar-refractivity contribution in [3.63, 3.8) is 0 Å². The lowest BCUT2D eigenvalue weighted by molar-refractivity contribution is 0.236. The van der Waals surface area contributed by atoms with E-state index in [-0.39, 0.29) is 17.9 Å². The smallest absolute Gasteiger partial charge is 0.315 e. The maximum atomic E-state index is 13.3. The zero-order chi connectivity index (χ0) is 15.5. The van der Waals surface area contributed by atoms with Gasteiger partial charge < -0.3 is 10.6 Å². The molecule has 2 N–H and O–H groups in total. The van der Waals surface area contributed by atoms with Crippen LogP contribution in [0.15, 0.2) is 36.5 Å². The molecule has 0 bridgehead atoms. The number of urea groups is 1. The normalized spacial score (nSPS) is 16.2. The summed E-state index contributed by atoms with van der Waals surface area (Å²) in [6, 6.07) is 8.22. The number of benzene rings is 1. The molecule has 0 spiro atoms. The van der Waals surface area contributed by atoms with Crippen LogP contribution in [0.2, 0.25) is 0 Å². The third kappa shape index (κ3) is 3.24. The molecule has 1 heterocycles. The summed E-state index contributed by atoms with van der Waals surface area (Å²) in [7, 11) is 0. The van der Waals surface area contributed by atoms with Gasteiger partial charge in [0.2, 0.25) is 0 Å². The number of halogens is 1. The fraction of sp³-hybridized carbons (Fsp3) is 0.294. The van der Waals surface area contributed by atoms with Crippen LogP contribution in [-0.2, 0) is 13.0 Å². The Morgan fingerprint density at radius 3 is 3.05 bits per heavy atom. The van der Waals surface area contributed by atoms with Crippen LogP contribution < -0.4 is 10.6 Å². The van der Waals surface area contributed by atoms with E-state index in [1.807, 2.05) is 19.1 Å². The summed E-state index contributed by atoms with van der Waals surface area (Å²) in [6.07, 6.45) is 3.38. The van der Waals surface area contributed by atoms with E-state index in [9.17, 15) is 9.18 Å². The molecule has 0 saturated heterocycles. The van der Waals surface area contributed by atoms with Crippen molar-refractivity contribution >= 4 is 6.03 Å². The second-order valence-corrected chi connectivity index (χ2v) is 5.59. The lowest BCUT2D eigenvalue weighted by Crippen LogP contribution is -2.37. The second-order valence-electron chi connectivity index (χ2n) is 5.59. The molecule has 0 aliphatic heterocycles. The van der Waals surface area contributed by atoms with Crippen molar-refractivity contribution in [3.8, 4) is 0 Å². The van der Waals surface area contributed by atoms with Crippen molar-refractivity contribution in [1.29, 1.82) is 0 Å². The number of nitrogens with zero attached hydrogens (tertiary/aromatic N) is 1. The molecule has 22 heavy (non-hydrogen) atoms. The molecule has 1 atom stereocenters. The zero-order valence-electron chi connectivity index (χ0n) is 12.4. The summed E-state index contributed by atoms with van der Waals surface area (Å²) in [5.74, 6) is -0.267. The van der Waals surface area contributed by atoms with Crippen molar-refractivity contribution in [1.82, 2.24) is 15.6 Å². The fourth-order valence-electron chi connectivity index (χ4n) is 2.80. The van der Waals surface area contributed by atoms with Gasteiger partial charge in [0.15, 0.2) is 0 Å². The number of fused-ring (bicyclic) bond motifs is 1. The fourth-order valence-corrected chi connectivity index (χ4v) is 2.80. The van der Waals surface area contributed by atoms with Gasteiger partial charge in [0.1, 0.15) is 5.82 Å². The van der Waals surface area contributed by atoms with Crippen LogP contribution >= 0.6 is 0 Å². The van der Waals surface area contributed by atoms with E-state index < -0.39 is 0 Å². The molecule has 0 unspecified atom stereocenters. The Labute approximate surface area is 128 Å². The summed E-state index contributed by atoms with van der Waals surface area (Å²) >= 11 is 0. The first-order valence-corrected chi connectivity index (χ1v) is 7.36. The number of nitrogens with one attached hydrogen (secondary N) is 2. The molecule has 1 aliphatic carbocycles. The highest BCUT2D eigenvalue weighted by atomic mass is 19.1. The minimum Gasteiger partial charge on any atom is -0.332 e. The topological polar surface area (TPSA) is 54.0 Å². The number of aromatic nitrogens is 1. The molecule has 2 amide bonds.